The van der Waals surface area contributed by atoms with Crippen LogP contribution < -0.4 is 4.90 Å². The van der Waals surface area contributed by atoms with E-state index in [2.05, 4.69) is 18.7 Å². The van der Waals surface area contributed by atoms with Crippen LogP contribution in [0.1, 0.15) is 49.0 Å². The van der Waals surface area contributed by atoms with Gasteiger partial charge in [0.1, 0.15) is 0 Å². The molecule has 0 atom stereocenters. The number of benzene rings is 2. The monoisotopic (exact) mass is 386 g/mol. The number of carbonyl (C=O) groups is 1. The van der Waals surface area contributed by atoms with Crippen LogP contribution in [0.15, 0.2) is 42.5 Å². The lowest BCUT2D eigenvalue weighted by atomic mass is 9.78. The van der Waals surface area contributed by atoms with Gasteiger partial charge in [-0.1, -0.05) is 31.9 Å². The molecule has 1 saturated heterocycles. The molecule has 0 spiro atoms. The lowest BCUT2D eigenvalue weighted by Gasteiger charge is -2.40. The molecule has 27 heavy (non-hydrogen) atoms. The van der Waals surface area contributed by atoms with Crippen LogP contribution in [0.25, 0.3) is 0 Å². The van der Waals surface area contributed by atoms with Gasteiger partial charge in [0.05, 0.1) is 10.5 Å². The number of halogens is 1. The molecule has 6 heteroatoms. The van der Waals surface area contributed by atoms with Crippen LogP contribution in [0.5, 0.6) is 0 Å². The number of nitro groups is 1. The zero-order valence-electron chi connectivity index (χ0n) is 15.6. The van der Waals surface area contributed by atoms with Crippen LogP contribution >= 0.6 is 11.6 Å². The maximum Gasteiger partial charge on any atom is 0.270 e. The van der Waals surface area contributed by atoms with Gasteiger partial charge in [-0.3, -0.25) is 14.9 Å². The first-order valence-corrected chi connectivity index (χ1v) is 9.54. The standard InChI is InChI=1S/C21H23ClN2O3/c1-3-21(2)10-12-23(13-11-21)19-9-8-17(24(26)27)14-18(19)20(25)15-4-6-16(22)7-5-15/h4-9,14H,3,10-13H2,1-2H3. The zero-order valence-corrected chi connectivity index (χ0v) is 16.3. The normalized spacial score (nSPS) is 16.2. The molecule has 0 unspecified atom stereocenters. The quantitative estimate of drug-likeness (QED) is 0.387. The van der Waals surface area contributed by atoms with Crippen molar-refractivity contribution in [3.8, 4) is 0 Å². The Morgan fingerprint density at radius 2 is 1.81 bits per heavy atom. The number of anilines is 1. The Kier molecular flexibility index (Phi) is 5.51. The maximum atomic E-state index is 13.1. The summed E-state index contributed by atoms with van der Waals surface area (Å²) in [6.45, 7) is 6.17. The Labute approximate surface area is 164 Å². The summed E-state index contributed by atoms with van der Waals surface area (Å²) in [5, 5.41) is 11.8. The van der Waals surface area contributed by atoms with Gasteiger partial charge in [-0.25, -0.2) is 0 Å². The van der Waals surface area contributed by atoms with Crippen molar-refractivity contribution in [2.45, 2.75) is 33.1 Å². The highest BCUT2D eigenvalue weighted by Crippen LogP contribution is 2.37. The van der Waals surface area contributed by atoms with Crippen molar-refractivity contribution in [3.05, 3.63) is 68.7 Å². The summed E-state index contributed by atoms with van der Waals surface area (Å²) >= 11 is 5.91. The fourth-order valence-corrected chi connectivity index (χ4v) is 3.62. The minimum absolute atomic E-state index is 0.0773. The summed E-state index contributed by atoms with van der Waals surface area (Å²) in [6, 6.07) is 11.2. The average molecular weight is 387 g/mol. The second-order valence-corrected chi connectivity index (χ2v) is 7.88. The van der Waals surface area contributed by atoms with Crippen molar-refractivity contribution in [1.29, 1.82) is 0 Å². The van der Waals surface area contributed by atoms with Crippen molar-refractivity contribution >= 4 is 28.8 Å². The van der Waals surface area contributed by atoms with Crippen molar-refractivity contribution < 1.29 is 9.72 Å². The Balaban J connectivity index is 1.98. The molecule has 0 bridgehead atoms. The maximum absolute atomic E-state index is 13.1. The molecule has 0 N–H and O–H groups in total. The van der Waals surface area contributed by atoms with Gasteiger partial charge in [-0.15, -0.1) is 0 Å². The fraction of sp³-hybridized carbons (Fsp3) is 0.381. The molecule has 0 amide bonds. The second kappa shape index (κ2) is 7.69. The smallest absolute Gasteiger partial charge is 0.270 e. The summed E-state index contributed by atoms with van der Waals surface area (Å²) in [5.74, 6) is -0.228. The zero-order chi connectivity index (χ0) is 19.6. The van der Waals surface area contributed by atoms with Crippen molar-refractivity contribution in [3.63, 3.8) is 0 Å². The molecule has 5 nitrogen and oxygen atoms in total. The van der Waals surface area contributed by atoms with E-state index >= 15 is 0 Å². The molecule has 1 heterocycles. The number of carbonyl (C=O) groups excluding carboxylic acids is 1. The molecule has 0 aromatic heterocycles. The summed E-state index contributed by atoms with van der Waals surface area (Å²) in [4.78, 5) is 26.0. The minimum Gasteiger partial charge on any atom is -0.371 e. The molecule has 0 radical (unpaired) electrons. The lowest BCUT2D eigenvalue weighted by Crippen LogP contribution is -2.39. The Bertz CT molecular complexity index is 856. The van der Waals surface area contributed by atoms with E-state index in [9.17, 15) is 14.9 Å². The molecule has 2 aromatic rings. The first kappa shape index (κ1) is 19.4. The third-order valence-electron chi connectivity index (χ3n) is 5.71. The molecule has 1 aliphatic rings. The first-order valence-electron chi connectivity index (χ1n) is 9.17. The van der Waals surface area contributed by atoms with Gasteiger partial charge in [-0.05, 0) is 48.6 Å². The number of nitrogens with zero attached hydrogens (tertiary/aromatic N) is 2. The topological polar surface area (TPSA) is 63.4 Å². The number of piperidine rings is 1. The largest absolute Gasteiger partial charge is 0.371 e. The number of non-ortho nitro benzene ring substituents is 1. The van der Waals surface area contributed by atoms with E-state index in [1.54, 1.807) is 30.3 Å². The Morgan fingerprint density at radius 3 is 2.37 bits per heavy atom. The third kappa shape index (κ3) is 4.14. The van der Waals surface area contributed by atoms with E-state index in [-0.39, 0.29) is 11.5 Å². The molecular formula is C21H23ClN2O3. The molecule has 142 valence electrons. The van der Waals surface area contributed by atoms with E-state index in [0.717, 1.165) is 38.0 Å². The SMILES string of the molecule is CCC1(C)CCN(c2ccc([N+](=O)[O-])cc2C(=O)c2ccc(Cl)cc2)CC1. The molecular weight excluding hydrogens is 364 g/mol. The Morgan fingerprint density at radius 1 is 1.19 bits per heavy atom. The number of ketones is 1. The second-order valence-electron chi connectivity index (χ2n) is 7.45. The van der Waals surface area contributed by atoms with E-state index in [1.807, 2.05) is 0 Å². The summed E-state index contributed by atoms with van der Waals surface area (Å²) in [7, 11) is 0. The van der Waals surface area contributed by atoms with Crippen molar-refractivity contribution in [2.75, 3.05) is 18.0 Å². The summed E-state index contributed by atoms with van der Waals surface area (Å²) in [5.41, 5.74) is 1.84. The van der Waals surface area contributed by atoms with Crippen LogP contribution in [0.3, 0.4) is 0 Å². The van der Waals surface area contributed by atoms with E-state index in [4.69, 9.17) is 11.6 Å². The average Bonchev–Trinajstić information content (AvgIpc) is 2.68. The highest BCUT2D eigenvalue weighted by Gasteiger charge is 2.30. The van der Waals surface area contributed by atoms with Crippen LogP contribution in [0.2, 0.25) is 5.02 Å². The van der Waals surface area contributed by atoms with E-state index in [1.165, 1.54) is 12.1 Å². The van der Waals surface area contributed by atoms with Crippen LogP contribution in [-0.2, 0) is 0 Å². The number of nitro benzene ring substituents is 1. The van der Waals surface area contributed by atoms with E-state index in [0.29, 0.717) is 21.6 Å². The highest BCUT2D eigenvalue weighted by atomic mass is 35.5. The molecule has 1 aliphatic heterocycles. The van der Waals surface area contributed by atoms with Crippen molar-refractivity contribution in [1.82, 2.24) is 0 Å². The molecule has 0 aliphatic carbocycles. The number of hydrogen-bond donors (Lipinski definition) is 0. The van der Waals surface area contributed by atoms with Gasteiger partial charge < -0.3 is 4.90 Å². The molecule has 0 saturated carbocycles. The van der Waals surface area contributed by atoms with Gasteiger partial charge >= 0.3 is 0 Å². The van der Waals surface area contributed by atoms with Gasteiger partial charge in [0, 0.05) is 41.5 Å². The predicted molar refractivity (Wildman–Crippen MR) is 108 cm³/mol. The third-order valence-corrected chi connectivity index (χ3v) is 5.96. The first-order chi connectivity index (χ1) is 12.8. The number of rotatable bonds is 5. The van der Waals surface area contributed by atoms with Gasteiger partial charge in [0.2, 0.25) is 0 Å². The van der Waals surface area contributed by atoms with Gasteiger partial charge in [0.25, 0.3) is 5.69 Å². The highest BCUT2D eigenvalue weighted by molar-refractivity contribution is 6.30. The minimum atomic E-state index is -0.465. The molecule has 1 fully saturated rings. The summed E-state index contributed by atoms with van der Waals surface area (Å²) < 4.78 is 0. The fourth-order valence-electron chi connectivity index (χ4n) is 3.49. The van der Waals surface area contributed by atoms with Crippen molar-refractivity contribution in [2.24, 2.45) is 5.41 Å². The molecule has 2 aromatic carbocycles. The summed E-state index contributed by atoms with van der Waals surface area (Å²) in [6.07, 6.45) is 3.20. The predicted octanol–water partition coefficient (Wildman–Crippen LogP) is 5.50. The van der Waals surface area contributed by atoms with Crippen LogP contribution in [-0.4, -0.2) is 23.8 Å². The van der Waals surface area contributed by atoms with Gasteiger partial charge in [0.15, 0.2) is 5.78 Å². The number of hydrogen-bond acceptors (Lipinski definition) is 4. The van der Waals surface area contributed by atoms with Crippen LogP contribution in [0, 0.1) is 15.5 Å². The van der Waals surface area contributed by atoms with Crippen LogP contribution in [0.4, 0.5) is 11.4 Å². The van der Waals surface area contributed by atoms with Gasteiger partial charge in [-0.2, -0.15) is 0 Å². The molecule has 3 rings (SSSR count). The van der Waals surface area contributed by atoms with E-state index < -0.39 is 4.92 Å². The lowest BCUT2D eigenvalue weighted by molar-refractivity contribution is -0.384. The Hall–Kier alpha value is -2.40.